The van der Waals surface area contributed by atoms with E-state index >= 15 is 0 Å². The van der Waals surface area contributed by atoms with Crippen LogP contribution in [-0.4, -0.2) is 29.3 Å². The summed E-state index contributed by atoms with van der Waals surface area (Å²) < 4.78 is 16.9. The van der Waals surface area contributed by atoms with Gasteiger partial charge in [0.25, 0.3) is 0 Å². The molecule has 1 saturated heterocycles. The first-order valence-electron chi connectivity index (χ1n) is 6.63. The van der Waals surface area contributed by atoms with Gasteiger partial charge in [0.2, 0.25) is 5.88 Å². The van der Waals surface area contributed by atoms with Crippen LogP contribution in [0.25, 0.3) is 0 Å². The molecule has 0 spiro atoms. The molecule has 0 radical (unpaired) electrons. The molecule has 20 heavy (non-hydrogen) atoms. The van der Waals surface area contributed by atoms with Crippen molar-refractivity contribution in [3.8, 4) is 5.88 Å². The van der Waals surface area contributed by atoms with Crippen LogP contribution in [0, 0.1) is 6.92 Å². The number of nitrogens with zero attached hydrogens (tertiary/aromatic N) is 1. The van der Waals surface area contributed by atoms with Crippen molar-refractivity contribution in [1.29, 1.82) is 0 Å². The van der Waals surface area contributed by atoms with Crippen molar-refractivity contribution in [2.75, 3.05) is 0 Å². The molecule has 0 bridgehead atoms. The molecule has 5 nitrogen and oxygen atoms in total. The number of rotatable bonds is 2. The minimum absolute atomic E-state index is 0.287. The minimum atomic E-state index is -0.459. The van der Waals surface area contributed by atoms with Crippen molar-refractivity contribution in [3.05, 3.63) is 17.8 Å². The Bertz CT molecular complexity index is 526. The Kier molecular flexibility index (Phi) is 3.65. The fourth-order valence-corrected chi connectivity index (χ4v) is 1.96. The zero-order valence-corrected chi connectivity index (χ0v) is 12.8. The van der Waals surface area contributed by atoms with E-state index in [0.29, 0.717) is 0 Å². The third-order valence-electron chi connectivity index (χ3n) is 3.88. The SMILES string of the molecule is CC(=O)Oc1cc(C)c(B2OC(C)(C)C(C)(C)O2)cn1. The lowest BCUT2D eigenvalue weighted by Gasteiger charge is -2.32. The minimum Gasteiger partial charge on any atom is -0.408 e. The summed E-state index contributed by atoms with van der Waals surface area (Å²) in [6.45, 7) is 11.3. The summed E-state index contributed by atoms with van der Waals surface area (Å²) in [4.78, 5) is 15.0. The van der Waals surface area contributed by atoms with Crippen LogP contribution in [0.2, 0.25) is 0 Å². The summed E-state index contributed by atoms with van der Waals surface area (Å²) in [6.07, 6.45) is 1.63. The average molecular weight is 277 g/mol. The van der Waals surface area contributed by atoms with Crippen LogP contribution < -0.4 is 10.2 Å². The number of carbonyl (C=O) groups is 1. The first kappa shape index (κ1) is 15.0. The van der Waals surface area contributed by atoms with Crippen LogP contribution in [0.1, 0.15) is 40.2 Å². The third-order valence-corrected chi connectivity index (χ3v) is 3.88. The summed E-state index contributed by atoms with van der Waals surface area (Å²) in [5.41, 5.74) is 0.978. The molecular formula is C14H20BNO4. The van der Waals surface area contributed by atoms with E-state index in [-0.39, 0.29) is 11.8 Å². The molecule has 0 unspecified atom stereocenters. The normalized spacial score (nSPS) is 20.0. The fraction of sp³-hybridized carbons (Fsp3) is 0.571. The van der Waals surface area contributed by atoms with Crippen LogP contribution >= 0.6 is 0 Å². The predicted molar refractivity (Wildman–Crippen MR) is 76.0 cm³/mol. The Morgan fingerprint density at radius 3 is 2.25 bits per heavy atom. The lowest BCUT2D eigenvalue weighted by atomic mass is 9.77. The Hall–Kier alpha value is -1.40. The molecular weight excluding hydrogens is 257 g/mol. The molecule has 1 aromatic heterocycles. The topological polar surface area (TPSA) is 57.7 Å². The number of pyridine rings is 1. The zero-order valence-electron chi connectivity index (χ0n) is 12.8. The Labute approximate surface area is 119 Å². The van der Waals surface area contributed by atoms with Crippen LogP contribution in [-0.2, 0) is 14.1 Å². The second kappa shape index (κ2) is 4.86. The van der Waals surface area contributed by atoms with Gasteiger partial charge in [-0.25, -0.2) is 4.98 Å². The Morgan fingerprint density at radius 2 is 1.80 bits per heavy atom. The van der Waals surface area contributed by atoms with E-state index in [1.165, 1.54) is 6.92 Å². The van der Waals surface area contributed by atoms with E-state index in [1.807, 2.05) is 34.6 Å². The van der Waals surface area contributed by atoms with Crippen LogP contribution in [0.5, 0.6) is 5.88 Å². The molecule has 0 saturated carbocycles. The second-order valence-corrected chi connectivity index (χ2v) is 6.06. The zero-order chi connectivity index (χ0) is 15.1. The molecule has 0 N–H and O–H groups in total. The van der Waals surface area contributed by atoms with E-state index < -0.39 is 18.3 Å². The molecule has 2 heterocycles. The molecule has 108 valence electrons. The molecule has 0 aliphatic carbocycles. The maximum atomic E-state index is 10.9. The van der Waals surface area contributed by atoms with Crippen LogP contribution in [0.4, 0.5) is 0 Å². The first-order chi connectivity index (χ1) is 9.12. The smallest absolute Gasteiger partial charge is 0.408 e. The number of hydrogen-bond donors (Lipinski definition) is 0. The van der Waals surface area contributed by atoms with Gasteiger partial charge in [-0.05, 0) is 40.2 Å². The molecule has 1 aliphatic rings. The van der Waals surface area contributed by atoms with E-state index in [4.69, 9.17) is 14.0 Å². The molecule has 1 aliphatic heterocycles. The predicted octanol–water partition coefficient (Wildman–Crippen LogP) is 1.61. The van der Waals surface area contributed by atoms with Gasteiger partial charge < -0.3 is 14.0 Å². The van der Waals surface area contributed by atoms with Gasteiger partial charge in [0.1, 0.15) is 0 Å². The lowest BCUT2D eigenvalue weighted by molar-refractivity contribution is -0.132. The van der Waals surface area contributed by atoms with Crippen LogP contribution in [0.15, 0.2) is 12.3 Å². The Morgan fingerprint density at radius 1 is 1.25 bits per heavy atom. The monoisotopic (exact) mass is 277 g/mol. The first-order valence-corrected chi connectivity index (χ1v) is 6.63. The van der Waals surface area contributed by atoms with E-state index in [2.05, 4.69) is 4.98 Å². The van der Waals surface area contributed by atoms with Gasteiger partial charge in [-0.2, -0.15) is 0 Å². The molecule has 1 fully saturated rings. The maximum Gasteiger partial charge on any atom is 0.496 e. The molecule has 2 rings (SSSR count). The fourth-order valence-electron chi connectivity index (χ4n) is 1.96. The Balaban J connectivity index is 2.25. The van der Waals surface area contributed by atoms with Gasteiger partial charge in [-0.15, -0.1) is 0 Å². The number of aryl methyl sites for hydroxylation is 1. The highest BCUT2D eigenvalue weighted by Crippen LogP contribution is 2.36. The van der Waals surface area contributed by atoms with Gasteiger partial charge in [0.05, 0.1) is 11.2 Å². The molecule has 0 aromatic carbocycles. The lowest BCUT2D eigenvalue weighted by Crippen LogP contribution is -2.41. The quantitative estimate of drug-likeness (QED) is 0.607. The van der Waals surface area contributed by atoms with E-state index in [9.17, 15) is 4.79 Å². The standard InChI is InChI=1S/C14H20BNO4/c1-9-7-12(18-10(2)17)16-8-11(9)15-19-13(3,4)14(5,6)20-15/h7-8H,1-6H3. The highest BCUT2D eigenvalue weighted by molar-refractivity contribution is 6.62. The van der Waals surface area contributed by atoms with E-state index in [0.717, 1.165) is 11.0 Å². The molecule has 6 heteroatoms. The number of hydrogen-bond acceptors (Lipinski definition) is 5. The van der Waals surface area contributed by atoms with Crippen molar-refractivity contribution >= 4 is 18.6 Å². The highest BCUT2D eigenvalue weighted by atomic mass is 16.7. The van der Waals surface area contributed by atoms with Crippen molar-refractivity contribution in [3.63, 3.8) is 0 Å². The summed E-state index contributed by atoms with van der Waals surface area (Å²) in [7, 11) is -0.459. The summed E-state index contributed by atoms with van der Waals surface area (Å²) >= 11 is 0. The number of ether oxygens (including phenoxy) is 1. The molecule has 1 aromatic rings. The van der Waals surface area contributed by atoms with E-state index in [1.54, 1.807) is 12.3 Å². The number of aromatic nitrogens is 1. The summed E-state index contributed by atoms with van der Waals surface area (Å²) in [5.74, 6) is -0.101. The molecule has 0 atom stereocenters. The van der Waals surface area contributed by atoms with Crippen molar-refractivity contribution in [2.24, 2.45) is 0 Å². The summed E-state index contributed by atoms with van der Waals surface area (Å²) in [5, 5.41) is 0. The van der Waals surface area contributed by atoms with Crippen molar-refractivity contribution in [2.45, 2.75) is 52.7 Å². The second-order valence-electron chi connectivity index (χ2n) is 6.06. The van der Waals surface area contributed by atoms with Gasteiger partial charge in [-0.3, -0.25) is 4.79 Å². The van der Waals surface area contributed by atoms with Crippen molar-refractivity contribution in [1.82, 2.24) is 4.98 Å². The van der Waals surface area contributed by atoms with Gasteiger partial charge in [0, 0.05) is 24.6 Å². The van der Waals surface area contributed by atoms with Gasteiger partial charge in [-0.1, -0.05) is 0 Å². The average Bonchev–Trinajstić information content (AvgIpc) is 2.46. The number of esters is 1. The van der Waals surface area contributed by atoms with Crippen LogP contribution in [0.3, 0.4) is 0 Å². The number of carbonyl (C=O) groups excluding carboxylic acids is 1. The summed E-state index contributed by atoms with van der Waals surface area (Å²) in [6, 6.07) is 1.71. The van der Waals surface area contributed by atoms with Crippen molar-refractivity contribution < 1.29 is 18.8 Å². The molecule has 0 amide bonds. The highest BCUT2D eigenvalue weighted by Gasteiger charge is 2.52. The van der Waals surface area contributed by atoms with Gasteiger partial charge in [0.15, 0.2) is 0 Å². The third kappa shape index (κ3) is 2.71. The van der Waals surface area contributed by atoms with Gasteiger partial charge >= 0.3 is 13.1 Å². The largest absolute Gasteiger partial charge is 0.496 e. The maximum absolute atomic E-state index is 10.9.